The molecule has 1 aromatic rings. The maximum Gasteiger partial charge on any atom is 0.397 e. The van der Waals surface area contributed by atoms with Gasteiger partial charge >= 0.3 is 16.1 Å². The molecule has 30 heavy (non-hydrogen) atoms. The summed E-state index contributed by atoms with van der Waals surface area (Å²) >= 11 is 0. The molecule has 0 bridgehead atoms. The van der Waals surface area contributed by atoms with Gasteiger partial charge in [0.1, 0.15) is 6.20 Å². The Morgan fingerprint density at radius 3 is 2.17 bits per heavy atom. The second-order valence-corrected chi connectivity index (χ2v) is 7.39. The van der Waals surface area contributed by atoms with Gasteiger partial charge in [-0.1, -0.05) is 26.7 Å². The second-order valence-electron chi connectivity index (χ2n) is 6.21. The first kappa shape index (κ1) is 27.6. The lowest BCUT2D eigenvalue weighted by atomic mass is 10.1. The van der Waals surface area contributed by atoms with Crippen LogP contribution in [0.3, 0.4) is 0 Å². The Bertz CT molecular complexity index is 769. The van der Waals surface area contributed by atoms with Gasteiger partial charge in [0, 0.05) is 13.1 Å². The average Bonchev–Trinajstić information content (AvgIpc) is 2.69. The highest BCUT2D eigenvalue weighted by molar-refractivity contribution is 7.80. The number of hydrogen-bond acceptors (Lipinski definition) is 10. The molecule has 0 unspecified atom stereocenters. The fourth-order valence-corrected chi connectivity index (χ4v) is 2.33. The molecule has 1 fully saturated rings. The Morgan fingerprint density at radius 2 is 1.73 bits per heavy atom. The standard InChI is InChI=1S/C12H17N5O4.C3H8.CH4O4S/c18-16(19)10-8-11(17(20)21)12(14-9-10)13-4-7-15-5-2-1-3-6-15;1-3-2;1-5-6(2,3)4/h8-9H,1-7H2,(H,13,14);3H2,1-2H3;1H3,(H,2,3,4). The Morgan fingerprint density at radius 1 is 1.20 bits per heavy atom. The molecule has 0 amide bonds. The highest BCUT2D eigenvalue weighted by Crippen LogP contribution is 2.26. The lowest BCUT2D eigenvalue weighted by Crippen LogP contribution is -2.33. The van der Waals surface area contributed by atoms with Crippen molar-refractivity contribution in [3.63, 3.8) is 0 Å². The third-order valence-electron chi connectivity index (χ3n) is 3.64. The van der Waals surface area contributed by atoms with E-state index < -0.39 is 20.2 Å². The highest BCUT2D eigenvalue weighted by Gasteiger charge is 2.21. The zero-order valence-corrected chi connectivity index (χ0v) is 18.1. The van der Waals surface area contributed by atoms with Crippen molar-refractivity contribution in [3.8, 4) is 0 Å². The molecule has 0 aromatic carbocycles. The third kappa shape index (κ3) is 12.2. The predicted molar refractivity (Wildman–Crippen MR) is 111 cm³/mol. The van der Waals surface area contributed by atoms with E-state index in [2.05, 4.69) is 33.2 Å². The van der Waals surface area contributed by atoms with Gasteiger partial charge in [-0.05, 0) is 25.9 Å². The molecule has 0 radical (unpaired) electrons. The minimum atomic E-state index is -4.16. The minimum Gasteiger partial charge on any atom is -0.363 e. The Balaban J connectivity index is 0.000000791. The van der Waals surface area contributed by atoms with Crippen molar-refractivity contribution in [1.82, 2.24) is 9.88 Å². The molecule has 13 nitrogen and oxygen atoms in total. The monoisotopic (exact) mass is 451 g/mol. The van der Waals surface area contributed by atoms with Crippen molar-refractivity contribution in [3.05, 3.63) is 32.5 Å². The van der Waals surface area contributed by atoms with Gasteiger partial charge in [0.15, 0.2) is 0 Å². The van der Waals surface area contributed by atoms with E-state index >= 15 is 0 Å². The van der Waals surface area contributed by atoms with Crippen LogP contribution >= 0.6 is 0 Å². The fourth-order valence-electron chi connectivity index (χ4n) is 2.33. The van der Waals surface area contributed by atoms with Gasteiger partial charge in [0.05, 0.1) is 23.0 Å². The molecule has 172 valence electrons. The van der Waals surface area contributed by atoms with Crippen LogP contribution in [0, 0.1) is 20.2 Å². The summed E-state index contributed by atoms with van der Waals surface area (Å²) in [7, 11) is -3.29. The molecule has 0 spiro atoms. The number of pyridine rings is 1. The van der Waals surface area contributed by atoms with Gasteiger partial charge in [-0.2, -0.15) is 8.42 Å². The number of piperidine rings is 1. The van der Waals surface area contributed by atoms with Crippen LogP contribution in [0.2, 0.25) is 0 Å². The van der Waals surface area contributed by atoms with Crippen LogP contribution in [0.1, 0.15) is 39.5 Å². The van der Waals surface area contributed by atoms with Gasteiger partial charge in [-0.3, -0.25) is 29.0 Å². The predicted octanol–water partition coefficient (Wildman–Crippen LogP) is 2.65. The number of anilines is 1. The number of aromatic nitrogens is 1. The molecule has 1 aliphatic heterocycles. The zero-order chi connectivity index (χ0) is 23.2. The summed E-state index contributed by atoms with van der Waals surface area (Å²) in [5.74, 6) is 0.0719. The van der Waals surface area contributed by atoms with Crippen LogP contribution in [0.5, 0.6) is 0 Å². The zero-order valence-electron chi connectivity index (χ0n) is 17.3. The summed E-state index contributed by atoms with van der Waals surface area (Å²) in [5, 5.41) is 24.5. The van der Waals surface area contributed by atoms with Crippen molar-refractivity contribution in [1.29, 1.82) is 0 Å². The van der Waals surface area contributed by atoms with E-state index in [1.165, 1.54) is 25.7 Å². The first-order chi connectivity index (χ1) is 14.1. The lowest BCUT2D eigenvalue weighted by Gasteiger charge is -2.26. The number of nitro groups is 2. The fraction of sp³-hybridized carbons (Fsp3) is 0.688. The molecule has 2 heterocycles. The minimum absolute atomic E-state index is 0.0719. The highest BCUT2D eigenvalue weighted by atomic mass is 32.3. The molecule has 2 N–H and O–H groups in total. The third-order valence-corrected chi connectivity index (χ3v) is 4.06. The van der Waals surface area contributed by atoms with Crippen LogP contribution in [-0.2, 0) is 14.6 Å². The van der Waals surface area contributed by atoms with Gasteiger partial charge in [0.2, 0.25) is 5.82 Å². The van der Waals surface area contributed by atoms with Gasteiger partial charge in [0.25, 0.3) is 5.69 Å². The normalized spacial score (nSPS) is 13.9. The molecular weight excluding hydrogens is 422 g/mol. The first-order valence-corrected chi connectivity index (χ1v) is 10.7. The van der Waals surface area contributed by atoms with E-state index in [0.717, 1.165) is 39.0 Å². The number of hydrogen-bond donors (Lipinski definition) is 2. The summed E-state index contributed by atoms with van der Waals surface area (Å²) < 4.78 is 29.7. The van der Waals surface area contributed by atoms with E-state index in [4.69, 9.17) is 4.55 Å². The molecule has 1 aromatic heterocycles. The summed E-state index contributed by atoms with van der Waals surface area (Å²) in [6.07, 6.45) is 5.88. The van der Waals surface area contributed by atoms with Crippen LogP contribution in [0.25, 0.3) is 0 Å². The number of nitrogens with zero attached hydrogens (tertiary/aromatic N) is 4. The van der Waals surface area contributed by atoms with E-state index in [-0.39, 0.29) is 17.2 Å². The van der Waals surface area contributed by atoms with Crippen molar-refractivity contribution in [2.75, 3.05) is 38.6 Å². The van der Waals surface area contributed by atoms with Gasteiger partial charge in [-0.15, -0.1) is 0 Å². The van der Waals surface area contributed by atoms with Crippen molar-refractivity contribution in [2.45, 2.75) is 39.5 Å². The topological polar surface area (TPSA) is 178 Å². The van der Waals surface area contributed by atoms with Crippen LogP contribution in [0.15, 0.2) is 12.3 Å². The lowest BCUT2D eigenvalue weighted by molar-refractivity contribution is -0.394. The summed E-state index contributed by atoms with van der Waals surface area (Å²) in [5.41, 5.74) is -0.758. The van der Waals surface area contributed by atoms with Crippen molar-refractivity contribution < 1.29 is 27.0 Å². The van der Waals surface area contributed by atoms with Crippen molar-refractivity contribution in [2.24, 2.45) is 0 Å². The molecule has 14 heteroatoms. The van der Waals surface area contributed by atoms with E-state index in [1.54, 1.807) is 0 Å². The van der Waals surface area contributed by atoms with Gasteiger partial charge < -0.3 is 10.2 Å². The molecule has 1 aliphatic rings. The average molecular weight is 452 g/mol. The van der Waals surface area contributed by atoms with Gasteiger partial charge in [-0.25, -0.2) is 4.98 Å². The maximum atomic E-state index is 11.0. The summed E-state index contributed by atoms with van der Waals surface area (Å²) in [6, 6.07) is 0.927. The van der Waals surface area contributed by atoms with E-state index in [1.807, 2.05) is 0 Å². The largest absolute Gasteiger partial charge is 0.397 e. The van der Waals surface area contributed by atoms with Crippen LogP contribution < -0.4 is 5.32 Å². The number of likely N-dealkylation sites (tertiary alicyclic amines) is 1. The quantitative estimate of drug-likeness (QED) is 0.353. The first-order valence-electron chi connectivity index (χ1n) is 9.33. The molecule has 0 aliphatic carbocycles. The maximum absolute atomic E-state index is 11.0. The Labute approximate surface area is 175 Å². The number of nitrogens with one attached hydrogen (secondary N) is 1. The molecule has 0 saturated carbocycles. The van der Waals surface area contributed by atoms with Crippen LogP contribution in [0.4, 0.5) is 17.2 Å². The van der Waals surface area contributed by atoms with Crippen LogP contribution in [-0.4, -0.2) is 66.0 Å². The second kappa shape index (κ2) is 14.5. The summed E-state index contributed by atoms with van der Waals surface area (Å²) in [4.78, 5) is 26.3. The smallest absolute Gasteiger partial charge is 0.363 e. The molecule has 1 saturated heterocycles. The molecule has 2 rings (SSSR count). The molecule has 0 atom stereocenters. The van der Waals surface area contributed by atoms with E-state index in [0.29, 0.717) is 6.54 Å². The molecular formula is C16H29N5O8S. The SMILES string of the molecule is CCC.COS(=O)(=O)O.O=[N+]([O-])c1cnc(NCCN2CCCCC2)c([N+](=O)[O-])c1. The number of rotatable bonds is 7. The van der Waals surface area contributed by atoms with E-state index in [9.17, 15) is 28.6 Å². The van der Waals surface area contributed by atoms with Crippen molar-refractivity contribution >= 4 is 27.6 Å². The summed E-state index contributed by atoms with van der Waals surface area (Å²) in [6.45, 7) is 7.62. The Hall–Kier alpha value is -2.42. The Kier molecular flexibility index (Phi) is 13.4.